The first-order valence-electron chi connectivity index (χ1n) is 6.54. The van der Waals surface area contributed by atoms with Crippen molar-refractivity contribution in [3.05, 3.63) is 0 Å². The van der Waals surface area contributed by atoms with Crippen LogP contribution < -0.4 is 0 Å². The first-order chi connectivity index (χ1) is 6.86. The third-order valence-electron chi connectivity index (χ3n) is 5.14. The molecule has 4 atom stereocenters. The minimum Gasteiger partial charge on any atom is -0.393 e. The van der Waals surface area contributed by atoms with Crippen molar-refractivity contribution in [3.63, 3.8) is 0 Å². The Balaban J connectivity index is 1.72. The molecule has 0 spiro atoms. The Labute approximate surface area is 86.9 Å². The highest BCUT2D eigenvalue weighted by Crippen LogP contribution is 2.54. The predicted octanol–water partition coefficient (Wildman–Crippen LogP) is 2.97. The summed E-state index contributed by atoms with van der Waals surface area (Å²) in [5.41, 5.74) is 0. The number of rotatable bonds is 1. The van der Waals surface area contributed by atoms with E-state index >= 15 is 0 Å². The van der Waals surface area contributed by atoms with Gasteiger partial charge in [-0.15, -0.1) is 0 Å². The van der Waals surface area contributed by atoms with Crippen LogP contribution in [0, 0.1) is 23.7 Å². The highest BCUT2D eigenvalue weighted by molar-refractivity contribution is 4.99. The minimum atomic E-state index is 0.0701. The Hall–Kier alpha value is -0.0400. The summed E-state index contributed by atoms with van der Waals surface area (Å²) >= 11 is 0. The lowest BCUT2D eigenvalue weighted by Gasteiger charge is -2.30. The van der Waals surface area contributed by atoms with Gasteiger partial charge >= 0.3 is 0 Å². The fraction of sp³-hybridized carbons (Fsp3) is 1.00. The molecule has 0 radical (unpaired) electrons. The molecule has 1 heteroatoms. The second-order valence-electron chi connectivity index (χ2n) is 5.78. The molecule has 0 heterocycles. The molecule has 0 saturated heterocycles. The van der Waals surface area contributed by atoms with Crippen molar-refractivity contribution in [1.82, 2.24) is 0 Å². The molecule has 3 fully saturated rings. The summed E-state index contributed by atoms with van der Waals surface area (Å²) in [6.45, 7) is 0. The van der Waals surface area contributed by atoms with E-state index in [9.17, 15) is 5.11 Å². The van der Waals surface area contributed by atoms with E-state index in [2.05, 4.69) is 0 Å². The molecule has 3 saturated carbocycles. The van der Waals surface area contributed by atoms with E-state index in [1.165, 1.54) is 44.9 Å². The Morgan fingerprint density at radius 1 is 0.786 bits per heavy atom. The van der Waals surface area contributed by atoms with Crippen molar-refractivity contribution in [1.29, 1.82) is 0 Å². The zero-order valence-electron chi connectivity index (χ0n) is 8.99. The number of hydrogen-bond donors (Lipinski definition) is 1. The smallest absolute Gasteiger partial charge is 0.0574 e. The van der Waals surface area contributed by atoms with Crippen LogP contribution in [0.4, 0.5) is 0 Å². The molecule has 1 nitrogen and oxygen atoms in total. The molecule has 0 amide bonds. The maximum absolute atomic E-state index is 9.92. The SMILES string of the molecule is O[C@@H]1C[C@H]2CC[C@@H]1[C@H]2C1CCCCC1. The van der Waals surface area contributed by atoms with Crippen molar-refractivity contribution < 1.29 is 5.11 Å². The second kappa shape index (κ2) is 3.52. The maximum atomic E-state index is 9.92. The van der Waals surface area contributed by atoms with Gasteiger partial charge in [0.2, 0.25) is 0 Å². The zero-order chi connectivity index (χ0) is 9.54. The topological polar surface area (TPSA) is 20.2 Å². The Kier molecular flexibility index (Phi) is 2.31. The van der Waals surface area contributed by atoms with Crippen LogP contribution in [0.3, 0.4) is 0 Å². The Bertz CT molecular complexity index is 207. The first-order valence-corrected chi connectivity index (χ1v) is 6.54. The van der Waals surface area contributed by atoms with Crippen LogP contribution in [-0.2, 0) is 0 Å². The lowest BCUT2D eigenvalue weighted by atomic mass is 9.75. The molecule has 1 N–H and O–H groups in total. The average Bonchev–Trinajstić information content (AvgIpc) is 2.75. The molecule has 2 bridgehead atoms. The fourth-order valence-corrected chi connectivity index (χ4v) is 4.60. The second-order valence-corrected chi connectivity index (χ2v) is 5.78. The normalized spacial score (nSPS) is 48.6. The van der Waals surface area contributed by atoms with E-state index in [1.807, 2.05) is 0 Å². The van der Waals surface area contributed by atoms with Gasteiger partial charge in [-0.3, -0.25) is 0 Å². The molecule has 3 aliphatic carbocycles. The van der Waals surface area contributed by atoms with Gasteiger partial charge in [0.05, 0.1) is 6.10 Å². The molecule has 3 aliphatic rings. The van der Waals surface area contributed by atoms with Gasteiger partial charge in [-0.05, 0) is 42.9 Å². The Morgan fingerprint density at radius 3 is 2.14 bits per heavy atom. The van der Waals surface area contributed by atoms with Gasteiger partial charge in [0, 0.05) is 0 Å². The summed E-state index contributed by atoms with van der Waals surface area (Å²) in [4.78, 5) is 0. The van der Waals surface area contributed by atoms with Gasteiger partial charge in [-0.25, -0.2) is 0 Å². The molecular weight excluding hydrogens is 172 g/mol. The third kappa shape index (κ3) is 1.32. The zero-order valence-corrected chi connectivity index (χ0v) is 8.99. The summed E-state index contributed by atoms with van der Waals surface area (Å²) in [7, 11) is 0. The summed E-state index contributed by atoms with van der Waals surface area (Å²) in [6.07, 6.45) is 11.2. The van der Waals surface area contributed by atoms with Crippen LogP contribution in [0.2, 0.25) is 0 Å². The molecule has 14 heavy (non-hydrogen) atoms. The average molecular weight is 194 g/mol. The van der Waals surface area contributed by atoms with E-state index in [-0.39, 0.29) is 6.10 Å². The molecule has 0 unspecified atom stereocenters. The summed E-state index contributed by atoms with van der Waals surface area (Å²) in [5.74, 6) is 3.50. The van der Waals surface area contributed by atoms with Gasteiger partial charge < -0.3 is 5.11 Å². The van der Waals surface area contributed by atoms with Crippen LogP contribution in [0.5, 0.6) is 0 Å². The lowest BCUT2D eigenvalue weighted by Crippen LogP contribution is -2.24. The lowest BCUT2D eigenvalue weighted by molar-refractivity contribution is 0.0951. The monoisotopic (exact) mass is 194 g/mol. The van der Waals surface area contributed by atoms with Crippen LogP contribution in [0.1, 0.15) is 51.4 Å². The Morgan fingerprint density at radius 2 is 1.57 bits per heavy atom. The van der Waals surface area contributed by atoms with E-state index < -0.39 is 0 Å². The molecule has 0 aromatic rings. The van der Waals surface area contributed by atoms with Gasteiger partial charge in [0.15, 0.2) is 0 Å². The molecule has 0 aromatic carbocycles. The van der Waals surface area contributed by atoms with Crippen LogP contribution in [0.25, 0.3) is 0 Å². The standard InChI is InChI=1S/C13H22O/c14-12-8-10-6-7-11(12)13(10)9-4-2-1-3-5-9/h9-14H,1-8H2/t10-,11+,12-,13+/m1/s1. The van der Waals surface area contributed by atoms with Gasteiger partial charge in [-0.2, -0.15) is 0 Å². The van der Waals surface area contributed by atoms with Crippen LogP contribution >= 0.6 is 0 Å². The number of aliphatic hydroxyl groups is 1. The van der Waals surface area contributed by atoms with Crippen molar-refractivity contribution >= 4 is 0 Å². The molecule has 80 valence electrons. The van der Waals surface area contributed by atoms with E-state index in [1.54, 1.807) is 0 Å². The number of hydrogen-bond acceptors (Lipinski definition) is 1. The van der Waals surface area contributed by atoms with Crippen molar-refractivity contribution in [2.75, 3.05) is 0 Å². The first kappa shape index (κ1) is 9.21. The largest absolute Gasteiger partial charge is 0.393 e. The van der Waals surface area contributed by atoms with Gasteiger partial charge in [0.25, 0.3) is 0 Å². The van der Waals surface area contributed by atoms with Gasteiger partial charge in [-0.1, -0.05) is 32.1 Å². The summed E-state index contributed by atoms with van der Waals surface area (Å²) in [5, 5.41) is 9.92. The minimum absolute atomic E-state index is 0.0701. The molecule has 0 aromatic heterocycles. The molecular formula is C13H22O. The fourth-order valence-electron chi connectivity index (χ4n) is 4.60. The molecule has 3 rings (SSSR count). The van der Waals surface area contributed by atoms with Gasteiger partial charge in [0.1, 0.15) is 0 Å². The number of aliphatic hydroxyl groups excluding tert-OH is 1. The quantitative estimate of drug-likeness (QED) is 0.680. The van der Waals surface area contributed by atoms with Crippen LogP contribution in [-0.4, -0.2) is 11.2 Å². The summed E-state index contributed by atoms with van der Waals surface area (Å²) < 4.78 is 0. The highest BCUT2D eigenvalue weighted by atomic mass is 16.3. The van der Waals surface area contributed by atoms with Crippen molar-refractivity contribution in [2.45, 2.75) is 57.5 Å². The van der Waals surface area contributed by atoms with E-state index in [0.717, 1.165) is 24.2 Å². The summed E-state index contributed by atoms with van der Waals surface area (Å²) in [6, 6.07) is 0. The van der Waals surface area contributed by atoms with Crippen molar-refractivity contribution in [2.24, 2.45) is 23.7 Å². The van der Waals surface area contributed by atoms with E-state index in [0.29, 0.717) is 5.92 Å². The predicted molar refractivity (Wildman–Crippen MR) is 56.9 cm³/mol. The van der Waals surface area contributed by atoms with Crippen LogP contribution in [0.15, 0.2) is 0 Å². The highest BCUT2D eigenvalue weighted by Gasteiger charge is 2.49. The number of fused-ring (bicyclic) bond motifs is 2. The van der Waals surface area contributed by atoms with Crippen molar-refractivity contribution in [3.8, 4) is 0 Å². The third-order valence-corrected chi connectivity index (χ3v) is 5.14. The molecule has 0 aliphatic heterocycles. The van der Waals surface area contributed by atoms with E-state index in [4.69, 9.17) is 0 Å². The maximum Gasteiger partial charge on any atom is 0.0574 e.